The van der Waals surface area contributed by atoms with Gasteiger partial charge in [0.2, 0.25) is 0 Å². The lowest BCUT2D eigenvalue weighted by atomic mass is 9.79. The highest BCUT2D eigenvalue weighted by atomic mass is 32.1. The Balaban J connectivity index is 1.83. The third-order valence-corrected chi connectivity index (χ3v) is 6.10. The Labute approximate surface area is 132 Å². The number of nitrogens with one attached hydrogen (secondary N) is 1. The van der Waals surface area contributed by atoms with Crippen molar-refractivity contribution in [1.29, 1.82) is 0 Å². The van der Waals surface area contributed by atoms with Gasteiger partial charge in [-0.15, -0.1) is 11.3 Å². The predicted octanol–water partition coefficient (Wildman–Crippen LogP) is 5.77. The minimum absolute atomic E-state index is 0.565. The molecule has 0 radical (unpaired) electrons. The first-order chi connectivity index (χ1) is 10.3. The van der Waals surface area contributed by atoms with E-state index in [0.29, 0.717) is 6.04 Å². The topological polar surface area (TPSA) is 12.0 Å². The van der Waals surface area contributed by atoms with E-state index in [1.54, 1.807) is 4.88 Å². The van der Waals surface area contributed by atoms with Crippen LogP contribution in [-0.4, -0.2) is 6.54 Å². The lowest BCUT2D eigenvalue weighted by molar-refractivity contribution is 0.233. The Kier molecular flexibility index (Phi) is 4.97. The van der Waals surface area contributed by atoms with Crippen LogP contribution in [0.4, 0.5) is 0 Å². The molecule has 1 saturated carbocycles. The molecule has 1 aromatic heterocycles. The zero-order valence-electron chi connectivity index (χ0n) is 13.3. The SMILES string of the molecule is CCCNC(c1cc2ccccc2s1)C1CCC(C)CC1. The largest absolute Gasteiger partial charge is 0.309 e. The first kappa shape index (κ1) is 15.1. The van der Waals surface area contributed by atoms with Crippen molar-refractivity contribution in [3.63, 3.8) is 0 Å². The van der Waals surface area contributed by atoms with Gasteiger partial charge in [0.1, 0.15) is 0 Å². The van der Waals surface area contributed by atoms with E-state index in [-0.39, 0.29) is 0 Å². The van der Waals surface area contributed by atoms with Gasteiger partial charge in [-0.25, -0.2) is 0 Å². The van der Waals surface area contributed by atoms with Gasteiger partial charge >= 0.3 is 0 Å². The highest BCUT2D eigenvalue weighted by Crippen LogP contribution is 2.40. The highest BCUT2D eigenvalue weighted by Gasteiger charge is 2.27. The fraction of sp³-hybridized carbons (Fsp3) is 0.579. The number of hydrogen-bond acceptors (Lipinski definition) is 2. The third kappa shape index (κ3) is 3.49. The van der Waals surface area contributed by atoms with E-state index in [1.165, 1.54) is 42.2 Å². The molecule has 1 N–H and O–H groups in total. The first-order valence-corrected chi connectivity index (χ1v) is 9.31. The summed E-state index contributed by atoms with van der Waals surface area (Å²) in [5.41, 5.74) is 0. The Bertz CT molecular complexity index is 533. The average Bonchev–Trinajstić information content (AvgIpc) is 2.93. The second kappa shape index (κ2) is 6.93. The van der Waals surface area contributed by atoms with E-state index < -0.39 is 0 Å². The van der Waals surface area contributed by atoms with E-state index >= 15 is 0 Å². The zero-order valence-corrected chi connectivity index (χ0v) is 14.1. The maximum absolute atomic E-state index is 3.84. The van der Waals surface area contributed by atoms with Crippen LogP contribution in [0.1, 0.15) is 56.9 Å². The number of hydrogen-bond donors (Lipinski definition) is 1. The second-order valence-electron chi connectivity index (χ2n) is 6.64. The summed E-state index contributed by atoms with van der Waals surface area (Å²) in [6.45, 7) is 5.80. The smallest absolute Gasteiger partial charge is 0.0443 e. The van der Waals surface area contributed by atoms with Crippen molar-refractivity contribution < 1.29 is 0 Å². The van der Waals surface area contributed by atoms with Crippen LogP contribution in [-0.2, 0) is 0 Å². The van der Waals surface area contributed by atoms with Gasteiger partial charge in [-0.2, -0.15) is 0 Å². The molecule has 3 rings (SSSR count). The van der Waals surface area contributed by atoms with Gasteiger partial charge in [0, 0.05) is 15.6 Å². The van der Waals surface area contributed by atoms with Crippen molar-refractivity contribution in [2.75, 3.05) is 6.54 Å². The molecular formula is C19H27NS. The normalized spacial score (nSPS) is 24.3. The zero-order chi connectivity index (χ0) is 14.7. The highest BCUT2D eigenvalue weighted by molar-refractivity contribution is 7.19. The summed E-state index contributed by atoms with van der Waals surface area (Å²) in [6, 6.07) is 11.8. The third-order valence-electron chi connectivity index (χ3n) is 4.90. The van der Waals surface area contributed by atoms with Crippen LogP contribution in [0.2, 0.25) is 0 Å². The van der Waals surface area contributed by atoms with Crippen LogP contribution >= 0.6 is 11.3 Å². The van der Waals surface area contributed by atoms with Gasteiger partial charge in [0.15, 0.2) is 0 Å². The molecule has 2 heteroatoms. The van der Waals surface area contributed by atoms with Crippen molar-refractivity contribution in [2.24, 2.45) is 11.8 Å². The van der Waals surface area contributed by atoms with Crippen molar-refractivity contribution in [2.45, 2.75) is 52.0 Å². The number of rotatable bonds is 5. The van der Waals surface area contributed by atoms with Crippen LogP contribution in [0.25, 0.3) is 10.1 Å². The van der Waals surface area contributed by atoms with Gasteiger partial charge in [-0.3, -0.25) is 0 Å². The van der Waals surface area contributed by atoms with Crippen LogP contribution in [0.3, 0.4) is 0 Å². The molecule has 1 aromatic carbocycles. The molecule has 0 bridgehead atoms. The van der Waals surface area contributed by atoms with Gasteiger partial charge in [-0.05, 0) is 55.2 Å². The molecule has 1 heterocycles. The average molecular weight is 301 g/mol. The summed E-state index contributed by atoms with van der Waals surface area (Å²) < 4.78 is 1.43. The molecule has 1 fully saturated rings. The maximum atomic E-state index is 3.84. The van der Waals surface area contributed by atoms with Crippen LogP contribution < -0.4 is 5.32 Å². The minimum atomic E-state index is 0.565. The Morgan fingerprint density at radius 2 is 1.95 bits per heavy atom. The monoisotopic (exact) mass is 301 g/mol. The lowest BCUT2D eigenvalue weighted by Gasteiger charge is -2.33. The van der Waals surface area contributed by atoms with E-state index in [4.69, 9.17) is 0 Å². The van der Waals surface area contributed by atoms with E-state index in [9.17, 15) is 0 Å². The number of fused-ring (bicyclic) bond motifs is 1. The van der Waals surface area contributed by atoms with Gasteiger partial charge < -0.3 is 5.32 Å². The molecule has 0 saturated heterocycles. The van der Waals surface area contributed by atoms with Crippen molar-refractivity contribution in [3.8, 4) is 0 Å². The molecule has 1 unspecified atom stereocenters. The Hall–Kier alpha value is -0.860. The summed E-state index contributed by atoms with van der Waals surface area (Å²) in [4.78, 5) is 1.55. The summed E-state index contributed by atoms with van der Waals surface area (Å²) in [5.74, 6) is 1.75. The number of benzene rings is 1. The van der Waals surface area contributed by atoms with E-state index in [2.05, 4.69) is 49.5 Å². The van der Waals surface area contributed by atoms with Crippen LogP contribution in [0.5, 0.6) is 0 Å². The molecule has 1 aliphatic rings. The fourth-order valence-corrected chi connectivity index (χ4v) is 4.81. The lowest BCUT2D eigenvalue weighted by Crippen LogP contribution is -2.30. The number of thiophene rings is 1. The molecule has 21 heavy (non-hydrogen) atoms. The standard InChI is InChI=1S/C19H27NS/c1-3-12-20-19(15-10-8-14(2)9-11-15)18-13-16-6-4-5-7-17(16)21-18/h4-7,13-15,19-20H,3,8-12H2,1-2H3. The van der Waals surface area contributed by atoms with Crippen molar-refractivity contribution in [3.05, 3.63) is 35.2 Å². The molecule has 0 spiro atoms. The van der Waals surface area contributed by atoms with Gasteiger partial charge in [0.05, 0.1) is 0 Å². The summed E-state index contributed by atoms with van der Waals surface area (Å²) in [7, 11) is 0. The molecule has 114 valence electrons. The molecule has 2 aromatic rings. The van der Waals surface area contributed by atoms with Gasteiger partial charge in [0.25, 0.3) is 0 Å². The quantitative estimate of drug-likeness (QED) is 0.739. The Morgan fingerprint density at radius 1 is 1.19 bits per heavy atom. The van der Waals surface area contributed by atoms with Crippen LogP contribution in [0, 0.1) is 11.8 Å². The molecule has 0 aliphatic heterocycles. The minimum Gasteiger partial charge on any atom is -0.309 e. The Morgan fingerprint density at radius 3 is 2.67 bits per heavy atom. The first-order valence-electron chi connectivity index (χ1n) is 8.49. The predicted molar refractivity (Wildman–Crippen MR) is 94.0 cm³/mol. The van der Waals surface area contributed by atoms with E-state index in [1.807, 2.05) is 11.3 Å². The summed E-state index contributed by atoms with van der Waals surface area (Å²) in [6.07, 6.45) is 6.79. The van der Waals surface area contributed by atoms with Crippen LogP contribution in [0.15, 0.2) is 30.3 Å². The molecule has 1 aliphatic carbocycles. The molecule has 0 amide bonds. The molecule has 1 atom stereocenters. The summed E-state index contributed by atoms with van der Waals surface area (Å²) in [5, 5.41) is 5.25. The second-order valence-corrected chi connectivity index (χ2v) is 7.75. The molecular weight excluding hydrogens is 274 g/mol. The maximum Gasteiger partial charge on any atom is 0.0443 e. The van der Waals surface area contributed by atoms with Crippen molar-refractivity contribution in [1.82, 2.24) is 5.32 Å². The van der Waals surface area contributed by atoms with Gasteiger partial charge in [-0.1, -0.05) is 44.9 Å². The fourth-order valence-electron chi connectivity index (χ4n) is 3.57. The molecule has 1 nitrogen and oxygen atoms in total. The van der Waals surface area contributed by atoms with Crippen molar-refractivity contribution >= 4 is 21.4 Å². The van der Waals surface area contributed by atoms with E-state index in [0.717, 1.165) is 18.4 Å². The summed E-state index contributed by atoms with van der Waals surface area (Å²) >= 11 is 1.99.